The summed E-state index contributed by atoms with van der Waals surface area (Å²) in [6.45, 7) is 1.71. The highest BCUT2D eigenvalue weighted by Gasteiger charge is 2.14. The summed E-state index contributed by atoms with van der Waals surface area (Å²) in [5.74, 6) is 0.812. The standard InChI is InChI=1S/C13H19N3O2/c1-15-8-2-6-13(17)16(9-4-7-14)11-12-5-3-10-18-12/h3,5,10,15H,2,4,6,8-9,11H2,1H3. The Bertz CT molecular complexity index is 381. The van der Waals surface area contributed by atoms with E-state index in [4.69, 9.17) is 9.68 Å². The molecular weight excluding hydrogens is 230 g/mol. The number of amides is 1. The molecule has 0 aliphatic heterocycles. The molecule has 1 amide bonds. The number of nitriles is 1. The van der Waals surface area contributed by atoms with Gasteiger partial charge in [0.05, 0.1) is 25.3 Å². The first-order valence-electron chi connectivity index (χ1n) is 6.09. The molecule has 0 atom stereocenters. The predicted octanol–water partition coefficient (Wildman–Crippen LogP) is 1.52. The van der Waals surface area contributed by atoms with Crippen molar-refractivity contribution in [3.05, 3.63) is 24.2 Å². The molecule has 0 aromatic carbocycles. The molecule has 5 nitrogen and oxygen atoms in total. The minimum atomic E-state index is 0.0666. The van der Waals surface area contributed by atoms with Crippen LogP contribution in [0.25, 0.3) is 0 Å². The van der Waals surface area contributed by atoms with Crippen LogP contribution in [-0.2, 0) is 11.3 Å². The van der Waals surface area contributed by atoms with E-state index in [1.807, 2.05) is 13.1 Å². The molecule has 0 spiro atoms. The Morgan fingerprint density at radius 2 is 2.44 bits per heavy atom. The molecule has 5 heteroatoms. The van der Waals surface area contributed by atoms with Gasteiger partial charge in [0.25, 0.3) is 0 Å². The maximum Gasteiger partial charge on any atom is 0.223 e. The first-order chi connectivity index (χ1) is 8.77. The summed E-state index contributed by atoms with van der Waals surface area (Å²) in [5, 5.41) is 11.6. The van der Waals surface area contributed by atoms with E-state index in [2.05, 4.69) is 11.4 Å². The number of carbonyl (C=O) groups is 1. The first-order valence-corrected chi connectivity index (χ1v) is 6.09. The molecule has 1 N–H and O–H groups in total. The van der Waals surface area contributed by atoms with E-state index >= 15 is 0 Å². The van der Waals surface area contributed by atoms with Crippen molar-refractivity contribution in [2.24, 2.45) is 0 Å². The number of carbonyl (C=O) groups excluding carboxylic acids is 1. The SMILES string of the molecule is CNCCCC(=O)N(CCC#N)Cc1ccco1. The molecule has 0 bridgehead atoms. The van der Waals surface area contributed by atoms with Crippen LogP contribution in [0.1, 0.15) is 25.0 Å². The zero-order valence-electron chi connectivity index (χ0n) is 10.7. The van der Waals surface area contributed by atoms with Crippen LogP contribution in [0.15, 0.2) is 22.8 Å². The largest absolute Gasteiger partial charge is 0.467 e. The van der Waals surface area contributed by atoms with Crippen molar-refractivity contribution in [1.29, 1.82) is 5.26 Å². The Hall–Kier alpha value is -1.80. The zero-order chi connectivity index (χ0) is 13.2. The number of nitrogens with one attached hydrogen (secondary N) is 1. The van der Waals surface area contributed by atoms with Gasteiger partial charge in [-0.3, -0.25) is 4.79 Å². The van der Waals surface area contributed by atoms with Crippen LogP contribution >= 0.6 is 0 Å². The Morgan fingerprint density at radius 3 is 3.06 bits per heavy atom. The number of hydrogen-bond donors (Lipinski definition) is 1. The third kappa shape index (κ3) is 5.02. The van der Waals surface area contributed by atoms with Crippen LogP contribution < -0.4 is 5.32 Å². The van der Waals surface area contributed by atoms with Gasteiger partial charge in [-0.05, 0) is 32.1 Å². The van der Waals surface area contributed by atoms with Crippen molar-refractivity contribution in [3.63, 3.8) is 0 Å². The Morgan fingerprint density at radius 1 is 1.61 bits per heavy atom. The fraction of sp³-hybridized carbons (Fsp3) is 0.538. The number of furan rings is 1. The van der Waals surface area contributed by atoms with Crippen LogP contribution in [0.3, 0.4) is 0 Å². The van der Waals surface area contributed by atoms with Crippen molar-refractivity contribution < 1.29 is 9.21 Å². The predicted molar refractivity (Wildman–Crippen MR) is 67.5 cm³/mol. The highest BCUT2D eigenvalue weighted by Crippen LogP contribution is 2.08. The number of rotatable bonds is 8. The molecule has 0 unspecified atom stereocenters. The first kappa shape index (κ1) is 14.3. The van der Waals surface area contributed by atoms with Crippen LogP contribution in [0.5, 0.6) is 0 Å². The summed E-state index contributed by atoms with van der Waals surface area (Å²) >= 11 is 0. The van der Waals surface area contributed by atoms with Crippen molar-refractivity contribution >= 4 is 5.91 Å². The Kier molecular flexibility index (Phi) is 6.59. The van der Waals surface area contributed by atoms with Gasteiger partial charge in [0.1, 0.15) is 5.76 Å². The molecule has 18 heavy (non-hydrogen) atoms. The molecule has 0 saturated carbocycles. The summed E-state index contributed by atoms with van der Waals surface area (Å²) in [4.78, 5) is 13.7. The molecule has 0 radical (unpaired) electrons. The summed E-state index contributed by atoms with van der Waals surface area (Å²) < 4.78 is 5.23. The second-order valence-corrected chi connectivity index (χ2v) is 4.01. The molecule has 0 fully saturated rings. The highest BCUT2D eigenvalue weighted by atomic mass is 16.3. The van der Waals surface area contributed by atoms with Gasteiger partial charge >= 0.3 is 0 Å². The maximum atomic E-state index is 12.0. The summed E-state index contributed by atoms with van der Waals surface area (Å²) in [6, 6.07) is 5.69. The molecule has 1 aromatic rings. The quantitative estimate of drug-likeness (QED) is 0.709. The van der Waals surface area contributed by atoms with Gasteiger partial charge in [-0.2, -0.15) is 5.26 Å². The van der Waals surface area contributed by atoms with E-state index in [-0.39, 0.29) is 5.91 Å². The lowest BCUT2D eigenvalue weighted by Crippen LogP contribution is -2.31. The molecule has 98 valence electrons. The molecule has 1 heterocycles. The molecule has 1 aromatic heterocycles. The van der Waals surface area contributed by atoms with Crippen LogP contribution in [0, 0.1) is 11.3 Å². The minimum Gasteiger partial charge on any atom is -0.467 e. The van der Waals surface area contributed by atoms with E-state index < -0.39 is 0 Å². The summed E-state index contributed by atoms with van der Waals surface area (Å²) in [5.41, 5.74) is 0. The fourth-order valence-electron chi connectivity index (χ4n) is 1.64. The third-order valence-corrected chi connectivity index (χ3v) is 2.59. The van der Waals surface area contributed by atoms with E-state index in [1.54, 1.807) is 17.2 Å². The molecule has 0 saturated heterocycles. The van der Waals surface area contributed by atoms with Crippen LogP contribution in [-0.4, -0.2) is 30.9 Å². The minimum absolute atomic E-state index is 0.0666. The molecule has 0 aliphatic rings. The Balaban J connectivity index is 2.48. The van der Waals surface area contributed by atoms with Crippen molar-refractivity contribution in [1.82, 2.24) is 10.2 Å². The van der Waals surface area contributed by atoms with Crippen LogP contribution in [0.4, 0.5) is 0 Å². The smallest absolute Gasteiger partial charge is 0.223 e. The number of hydrogen-bond acceptors (Lipinski definition) is 4. The van der Waals surface area contributed by atoms with Gasteiger partial charge in [0, 0.05) is 13.0 Å². The van der Waals surface area contributed by atoms with Gasteiger partial charge in [-0.1, -0.05) is 0 Å². The van der Waals surface area contributed by atoms with Gasteiger partial charge in [-0.25, -0.2) is 0 Å². The van der Waals surface area contributed by atoms with Gasteiger partial charge in [0.2, 0.25) is 5.91 Å². The highest BCUT2D eigenvalue weighted by molar-refractivity contribution is 5.76. The summed E-state index contributed by atoms with van der Waals surface area (Å²) in [6.07, 6.45) is 3.23. The van der Waals surface area contributed by atoms with Crippen molar-refractivity contribution in [2.75, 3.05) is 20.1 Å². The van der Waals surface area contributed by atoms with Crippen molar-refractivity contribution in [2.45, 2.75) is 25.8 Å². The Labute approximate surface area is 107 Å². The molecule has 1 rings (SSSR count). The topological polar surface area (TPSA) is 69.3 Å². The van der Waals surface area contributed by atoms with Gasteiger partial charge in [-0.15, -0.1) is 0 Å². The zero-order valence-corrected chi connectivity index (χ0v) is 10.7. The van der Waals surface area contributed by atoms with Crippen molar-refractivity contribution in [3.8, 4) is 6.07 Å². The second kappa shape index (κ2) is 8.31. The fourth-order valence-corrected chi connectivity index (χ4v) is 1.64. The molecular formula is C13H19N3O2. The van der Waals surface area contributed by atoms with Gasteiger partial charge < -0.3 is 14.6 Å². The second-order valence-electron chi connectivity index (χ2n) is 4.01. The van der Waals surface area contributed by atoms with E-state index in [0.717, 1.165) is 18.7 Å². The monoisotopic (exact) mass is 249 g/mol. The number of nitrogens with zero attached hydrogens (tertiary/aromatic N) is 2. The van der Waals surface area contributed by atoms with E-state index in [1.165, 1.54) is 0 Å². The average Bonchev–Trinajstić information content (AvgIpc) is 2.87. The lowest BCUT2D eigenvalue weighted by molar-refractivity contribution is -0.132. The third-order valence-electron chi connectivity index (χ3n) is 2.59. The lowest BCUT2D eigenvalue weighted by Gasteiger charge is -2.20. The molecule has 0 aliphatic carbocycles. The summed E-state index contributed by atoms with van der Waals surface area (Å²) in [7, 11) is 1.86. The average molecular weight is 249 g/mol. The van der Waals surface area contributed by atoms with E-state index in [9.17, 15) is 4.79 Å². The lowest BCUT2D eigenvalue weighted by atomic mass is 10.2. The van der Waals surface area contributed by atoms with Crippen LogP contribution in [0.2, 0.25) is 0 Å². The van der Waals surface area contributed by atoms with Gasteiger partial charge in [0.15, 0.2) is 0 Å². The maximum absolute atomic E-state index is 12.0. The van der Waals surface area contributed by atoms with E-state index in [0.29, 0.717) is 25.9 Å². The normalized spacial score (nSPS) is 10.0.